The van der Waals surface area contributed by atoms with Crippen LogP contribution in [0.4, 0.5) is 22.0 Å². The van der Waals surface area contributed by atoms with Gasteiger partial charge in [-0.2, -0.15) is 17.2 Å². The van der Waals surface area contributed by atoms with Crippen LogP contribution >= 0.6 is 0 Å². The molecule has 16 nitrogen and oxygen atoms in total. The normalized spacial score (nSPS) is 10.7. The standard InChI is InChI=1S/C16H19F5N2O5.C14H17N4O2.CH4O3S.Fm/c1-22-8-9(24)23-3-5-27-7-6-26-4-2-10(25)28-16-14(20)12(18)11(17)13(19)15(16)21;1-16(17(2)11-20)10-13-9-12-5-3-6-15-14(12)18(13)7-4-8-19;1-5(2,3)4;/h22H,2-8H2,1H3,(H,23,24);3,5-6,8-9H,4,7,10H2,1-2H3;1H3,(H,2,3,4);/q;-1;;. The maximum atomic E-state index is 13.4. The molecule has 0 saturated carbocycles. The molecule has 3 N–H and O–H groups in total. The van der Waals surface area contributed by atoms with E-state index in [0.29, 0.717) is 32.3 Å². The molecule has 1 aromatic carbocycles. The Morgan fingerprint density at radius 2 is 1.59 bits per heavy atom. The van der Waals surface area contributed by atoms with Crippen LogP contribution in [0.5, 0.6) is 5.75 Å². The number of aromatic nitrogens is 2. The van der Waals surface area contributed by atoms with Crippen molar-refractivity contribution < 1.29 is 68.3 Å². The van der Waals surface area contributed by atoms with Crippen molar-refractivity contribution in [2.75, 3.05) is 66.9 Å². The van der Waals surface area contributed by atoms with Gasteiger partial charge >= 0.3 is 5.97 Å². The van der Waals surface area contributed by atoms with E-state index in [1.807, 2.05) is 29.2 Å². The van der Waals surface area contributed by atoms with Gasteiger partial charge in [0.1, 0.15) is 11.9 Å². The van der Waals surface area contributed by atoms with E-state index in [0.717, 1.165) is 23.0 Å². The number of aryl methyl sites for hydroxylation is 1. The van der Waals surface area contributed by atoms with E-state index < -0.39 is 57.3 Å². The number of pyridine rings is 1. The number of rotatable bonds is 19. The van der Waals surface area contributed by atoms with Crippen molar-refractivity contribution in [2.24, 2.45) is 0 Å². The molecule has 0 bridgehead atoms. The summed E-state index contributed by atoms with van der Waals surface area (Å²) in [6.07, 6.45) is 5.11. The summed E-state index contributed by atoms with van der Waals surface area (Å²) in [5.41, 5.74) is 1.86. The number of hydrogen-bond donors (Lipinski definition) is 3. The van der Waals surface area contributed by atoms with Gasteiger partial charge in [-0.15, -0.1) is 6.41 Å². The van der Waals surface area contributed by atoms with E-state index in [-0.39, 0.29) is 38.9 Å². The van der Waals surface area contributed by atoms with Crippen molar-refractivity contribution >= 4 is 45.7 Å². The van der Waals surface area contributed by atoms with Gasteiger partial charge in [-0.3, -0.25) is 14.1 Å². The molecule has 3 aromatic rings. The Hall–Kier alpha value is -5.61. The van der Waals surface area contributed by atoms with Gasteiger partial charge in [0.25, 0.3) is 10.1 Å². The van der Waals surface area contributed by atoms with E-state index in [9.17, 15) is 49.5 Å². The summed E-state index contributed by atoms with van der Waals surface area (Å²) in [5.74, 6) is -14.3. The summed E-state index contributed by atoms with van der Waals surface area (Å²) in [6, 6.07) is 5.90. The fourth-order valence-electron chi connectivity index (χ4n) is 3.92. The molecule has 3 rings (SSSR count). The molecule has 0 aliphatic carbocycles. The minimum atomic E-state index is -3.67. The van der Waals surface area contributed by atoms with E-state index in [4.69, 9.17) is 14.0 Å². The maximum Gasteiger partial charge on any atom is 0.313 e. The second-order valence-corrected chi connectivity index (χ2v) is 12.0. The number of halogens is 5. The number of ether oxygens (including phenoxy) is 3. The summed E-state index contributed by atoms with van der Waals surface area (Å²) in [5, 5.41) is 9.38. The van der Waals surface area contributed by atoms with Crippen LogP contribution in [-0.4, -0.2) is 124 Å². The second-order valence-electron chi connectivity index (χ2n) is 10.6. The fraction of sp³-hybridized carbons (Fsp3) is 0.452. The first kappa shape index (κ1) is 48.4. The zero-order valence-corrected chi connectivity index (χ0v) is 32.7. The first-order valence-corrected chi connectivity index (χ1v) is 17.2. The number of amides is 2. The van der Waals surface area contributed by atoms with Crippen molar-refractivity contribution in [3.8, 4) is 5.75 Å². The van der Waals surface area contributed by atoms with E-state index in [1.54, 1.807) is 32.3 Å². The third-order valence-electron chi connectivity index (χ3n) is 6.36. The molecular formula is C31H40F5FmN6O10S-. The summed E-state index contributed by atoms with van der Waals surface area (Å²) in [6.45, 7) is 1.84. The third-order valence-corrected chi connectivity index (χ3v) is 6.36. The topological polar surface area (TPSA) is 199 Å². The third kappa shape index (κ3) is 17.3. The molecule has 54 heavy (non-hydrogen) atoms. The molecule has 308 valence electrons. The molecule has 0 unspecified atom stereocenters. The molecular weight excluding hydrogens is 1000 g/mol. The summed E-state index contributed by atoms with van der Waals surface area (Å²) >= 11 is 0. The summed E-state index contributed by atoms with van der Waals surface area (Å²) in [7, 11) is 1.41. The average Bonchev–Trinajstić information content (AvgIpc) is 3.45. The number of fused-ring (bicyclic) bond motifs is 1. The van der Waals surface area contributed by atoms with Crippen molar-refractivity contribution in [2.45, 2.75) is 25.9 Å². The molecule has 2 aromatic heterocycles. The van der Waals surface area contributed by atoms with Crippen LogP contribution in [0.1, 0.15) is 18.5 Å². The number of nitrogens with zero attached hydrogens (tertiary/aromatic N) is 4. The van der Waals surface area contributed by atoms with Gasteiger partial charge in [0, 0.05) is 43.8 Å². The molecule has 2 amide bonds. The molecule has 2 heterocycles. The molecule has 0 radical (unpaired) electrons. The summed E-state index contributed by atoms with van der Waals surface area (Å²) in [4.78, 5) is 48.2. The van der Waals surface area contributed by atoms with Crippen LogP contribution in [0, 0.1) is 29.1 Å². The number of likely N-dealkylation sites (N-methyl/N-ethyl adjacent to an activating group) is 1. The molecule has 0 fully saturated rings. The fourth-order valence-corrected chi connectivity index (χ4v) is 3.92. The molecule has 0 aliphatic rings. The van der Waals surface area contributed by atoms with Crippen molar-refractivity contribution in [3.05, 3.63) is 59.2 Å². The Labute approximate surface area is 301 Å². The van der Waals surface area contributed by atoms with Crippen LogP contribution in [0.3, 0.4) is 0 Å². The minimum absolute atomic E-state index is 0. The number of aldehydes is 1. The average molecular weight is 1040 g/mol. The minimum Gasteiger partial charge on any atom is -0.518 e. The van der Waals surface area contributed by atoms with Crippen LogP contribution in [-0.2, 0) is 51.9 Å². The van der Waals surface area contributed by atoms with E-state index in [2.05, 4.69) is 20.4 Å². The zero-order valence-electron chi connectivity index (χ0n) is 29.5. The van der Waals surface area contributed by atoms with Crippen LogP contribution in [0.2, 0.25) is 0 Å². The molecule has 0 saturated heterocycles. The Bertz CT molecular complexity index is 1740. The maximum absolute atomic E-state index is 13.4. The van der Waals surface area contributed by atoms with Gasteiger partial charge in [0.2, 0.25) is 40.7 Å². The zero-order chi connectivity index (χ0) is 40.1. The predicted molar refractivity (Wildman–Crippen MR) is 178 cm³/mol. The first-order chi connectivity index (χ1) is 25.0. The number of hydrazine groups is 1. The van der Waals surface area contributed by atoms with Crippen LogP contribution in [0.15, 0.2) is 24.4 Å². The quantitative estimate of drug-likeness (QED) is 0.0134. The smallest absolute Gasteiger partial charge is 0.313 e. The predicted octanol–water partition coefficient (Wildman–Crippen LogP) is 1.52. The molecule has 23 heteroatoms. The molecule has 0 atom stereocenters. The van der Waals surface area contributed by atoms with Gasteiger partial charge in [0.15, 0.2) is 0 Å². The van der Waals surface area contributed by atoms with Crippen molar-refractivity contribution in [1.29, 1.82) is 0 Å². The Balaban J connectivity index is 0.000000941. The van der Waals surface area contributed by atoms with Gasteiger partial charge in [0.05, 0.1) is 52.2 Å². The Morgan fingerprint density at radius 3 is 2.15 bits per heavy atom. The van der Waals surface area contributed by atoms with E-state index in [1.165, 1.54) is 5.01 Å². The van der Waals surface area contributed by atoms with Gasteiger partial charge in [-0.1, -0.05) is 0 Å². The Kier molecular flexibility index (Phi) is 22.0. The number of carbonyl (C=O) groups excluding carboxylic acids is 4. The first-order valence-electron chi connectivity index (χ1n) is 15.4. The number of esters is 1. The number of hydrogen-bond acceptors (Lipinski definition) is 12. The second kappa shape index (κ2) is 24.6. The van der Waals surface area contributed by atoms with Gasteiger partial charge < -0.3 is 44.0 Å². The number of carbonyl (C=O) groups is 3. The summed E-state index contributed by atoms with van der Waals surface area (Å²) < 4.78 is 108. The molecule has 0 spiro atoms. The Morgan fingerprint density at radius 1 is 1.02 bits per heavy atom. The van der Waals surface area contributed by atoms with Crippen molar-refractivity contribution in [1.82, 2.24) is 30.2 Å². The SMILES string of the molecule is CN([C-]=O)N(C)Cc1cc2cccnc2n1CCC=O.CNCC(=O)NCCOCCOCCC(=O)Oc1c(F)c(F)c(F)c(F)c1F.CS(=O)(=O)O.[Fm]. The number of nitrogens with one attached hydrogen (secondary N) is 2. The van der Waals surface area contributed by atoms with Crippen LogP contribution < -0.4 is 15.4 Å². The molecule has 0 aliphatic heterocycles. The van der Waals surface area contributed by atoms with Crippen molar-refractivity contribution in [3.63, 3.8) is 0 Å². The number of benzene rings is 1. The van der Waals surface area contributed by atoms with Crippen LogP contribution in [0.25, 0.3) is 11.0 Å². The monoisotopic (exact) mass is 1040 g/mol. The van der Waals surface area contributed by atoms with Gasteiger partial charge in [-0.05, 0) is 32.3 Å². The largest absolute Gasteiger partial charge is 0.518 e. The van der Waals surface area contributed by atoms with E-state index >= 15 is 0 Å². The van der Waals surface area contributed by atoms with Gasteiger partial charge in [-0.25, -0.2) is 23.2 Å².